The molecule has 0 aliphatic carbocycles. The largest absolute Gasteiger partial charge is 0.489 e. The lowest BCUT2D eigenvalue weighted by atomic mass is 10.0. The van der Waals surface area contributed by atoms with Crippen molar-refractivity contribution in [3.8, 4) is 5.75 Å². The highest BCUT2D eigenvalue weighted by atomic mass is 16.5. The second kappa shape index (κ2) is 6.90. The molecule has 2 rings (SSSR count). The molecule has 19 heavy (non-hydrogen) atoms. The Morgan fingerprint density at radius 2 is 1.95 bits per heavy atom. The molecule has 1 heterocycles. The van der Waals surface area contributed by atoms with Gasteiger partial charge in [-0.3, -0.25) is 4.98 Å². The molecule has 2 N–H and O–H groups in total. The summed E-state index contributed by atoms with van der Waals surface area (Å²) < 4.78 is 5.71. The van der Waals surface area contributed by atoms with Crippen LogP contribution in [0, 0.1) is 0 Å². The third kappa shape index (κ3) is 4.38. The van der Waals surface area contributed by atoms with Gasteiger partial charge in [-0.05, 0) is 36.6 Å². The lowest BCUT2D eigenvalue weighted by molar-refractivity contribution is 0.305. The number of ether oxygens (including phenoxy) is 1. The quantitative estimate of drug-likeness (QED) is 0.864. The fourth-order valence-electron chi connectivity index (χ4n) is 1.82. The van der Waals surface area contributed by atoms with Gasteiger partial charge in [0.2, 0.25) is 0 Å². The van der Waals surface area contributed by atoms with Gasteiger partial charge in [0.15, 0.2) is 0 Å². The summed E-state index contributed by atoms with van der Waals surface area (Å²) in [7, 11) is 0. The molecular weight excluding hydrogens is 236 g/mol. The van der Waals surface area contributed by atoms with E-state index in [0.717, 1.165) is 24.2 Å². The van der Waals surface area contributed by atoms with Crippen molar-refractivity contribution >= 4 is 0 Å². The van der Waals surface area contributed by atoms with Gasteiger partial charge in [0.1, 0.15) is 12.4 Å². The third-order valence-electron chi connectivity index (χ3n) is 3.07. The fraction of sp³-hybridized carbons (Fsp3) is 0.312. The van der Waals surface area contributed by atoms with Gasteiger partial charge in [-0.1, -0.05) is 25.1 Å². The molecule has 0 amide bonds. The Bertz CT molecular complexity index is 482. The highest BCUT2D eigenvalue weighted by Crippen LogP contribution is 2.15. The summed E-state index contributed by atoms with van der Waals surface area (Å²) in [5.41, 5.74) is 8.26. The van der Waals surface area contributed by atoms with E-state index in [2.05, 4.69) is 24.0 Å². The van der Waals surface area contributed by atoms with E-state index in [1.165, 1.54) is 5.56 Å². The minimum atomic E-state index is 0.238. The van der Waals surface area contributed by atoms with Gasteiger partial charge in [-0.2, -0.15) is 0 Å². The topological polar surface area (TPSA) is 48.1 Å². The molecule has 1 aromatic heterocycles. The maximum absolute atomic E-state index is 5.94. The van der Waals surface area contributed by atoms with Crippen molar-refractivity contribution in [2.45, 2.75) is 32.4 Å². The molecule has 2 aromatic rings. The predicted molar refractivity (Wildman–Crippen MR) is 77.0 cm³/mol. The van der Waals surface area contributed by atoms with E-state index < -0.39 is 0 Å². The van der Waals surface area contributed by atoms with E-state index in [9.17, 15) is 0 Å². The van der Waals surface area contributed by atoms with E-state index >= 15 is 0 Å². The average molecular weight is 256 g/mol. The molecule has 3 nitrogen and oxygen atoms in total. The lowest BCUT2D eigenvalue weighted by Gasteiger charge is -2.10. The van der Waals surface area contributed by atoms with Gasteiger partial charge in [-0.15, -0.1) is 0 Å². The number of hydrogen-bond donors (Lipinski definition) is 1. The maximum Gasteiger partial charge on any atom is 0.119 e. The van der Waals surface area contributed by atoms with Crippen molar-refractivity contribution in [2.24, 2.45) is 5.73 Å². The number of hydrogen-bond acceptors (Lipinski definition) is 3. The fourth-order valence-corrected chi connectivity index (χ4v) is 1.82. The van der Waals surface area contributed by atoms with E-state index in [1.807, 2.05) is 30.5 Å². The lowest BCUT2D eigenvalue weighted by Crippen LogP contribution is -2.21. The molecule has 1 atom stereocenters. The van der Waals surface area contributed by atoms with Crippen molar-refractivity contribution in [1.29, 1.82) is 0 Å². The molecule has 100 valence electrons. The first-order valence-electron chi connectivity index (χ1n) is 6.64. The van der Waals surface area contributed by atoms with E-state index in [-0.39, 0.29) is 6.04 Å². The van der Waals surface area contributed by atoms with Gasteiger partial charge in [0.05, 0.1) is 0 Å². The van der Waals surface area contributed by atoms with Crippen LogP contribution in [0.15, 0.2) is 48.8 Å². The third-order valence-corrected chi connectivity index (χ3v) is 3.07. The molecule has 0 aliphatic rings. The molecule has 3 heteroatoms. The Morgan fingerprint density at radius 1 is 1.16 bits per heavy atom. The summed E-state index contributed by atoms with van der Waals surface area (Å²) >= 11 is 0. The molecule has 0 saturated heterocycles. The average Bonchev–Trinajstić information content (AvgIpc) is 2.47. The number of nitrogens with zero attached hydrogens (tertiary/aromatic N) is 1. The predicted octanol–water partition coefficient (Wildman–Crippen LogP) is 2.94. The molecule has 0 fully saturated rings. The zero-order chi connectivity index (χ0) is 13.5. The SMILES string of the molecule is CCC(N)Cc1ccc(OCc2cccnc2)cc1. The molecule has 0 saturated carbocycles. The number of rotatable bonds is 6. The van der Waals surface area contributed by atoms with Crippen LogP contribution < -0.4 is 10.5 Å². The Morgan fingerprint density at radius 3 is 2.58 bits per heavy atom. The van der Waals surface area contributed by atoms with Crippen LogP contribution in [0.3, 0.4) is 0 Å². The van der Waals surface area contributed by atoms with Crippen molar-refractivity contribution in [3.63, 3.8) is 0 Å². The molecule has 0 bridgehead atoms. The first-order chi connectivity index (χ1) is 9.28. The van der Waals surface area contributed by atoms with Crippen molar-refractivity contribution < 1.29 is 4.74 Å². The maximum atomic E-state index is 5.94. The van der Waals surface area contributed by atoms with Crippen LogP contribution >= 0.6 is 0 Å². The summed E-state index contributed by atoms with van der Waals surface area (Å²) in [6.45, 7) is 2.65. The second-order valence-corrected chi connectivity index (χ2v) is 4.67. The zero-order valence-electron chi connectivity index (χ0n) is 11.3. The molecule has 0 aliphatic heterocycles. The zero-order valence-corrected chi connectivity index (χ0v) is 11.3. The van der Waals surface area contributed by atoms with E-state index in [1.54, 1.807) is 6.20 Å². The van der Waals surface area contributed by atoms with Crippen LogP contribution in [0.1, 0.15) is 24.5 Å². The van der Waals surface area contributed by atoms with Crippen molar-refractivity contribution in [1.82, 2.24) is 4.98 Å². The van der Waals surface area contributed by atoms with Crippen LogP contribution in [-0.2, 0) is 13.0 Å². The summed E-state index contributed by atoms with van der Waals surface area (Å²) in [4.78, 5) is 4.06. The van der Waals surface area contributed by atoms with Crippen LogP contribution in [0.5, 0.6) is 5.75 Å². The number of pyridine rings is 1. The van der Waals surface area contributed by atoms with Gasteiger partial charge in [-0.25, -0.2) is 0 Å². The summed E-state index contributed by atoms with van der Waals surface area (Å²) in [5.74, 6) is 0.873. The van der Waals surface area contributed by atoms with Crippen molar-refractivity contribution in [3.05, 3.63) is 59.9 Å². The smallest absolute Gasteiger partial charge is 0.119 e. The monoisotopic (exact) mass is 256 g/mol. The molecule has 0 radical (unpaired) electrons. The minimum absolute atomic E-state index is 0.238. The van der Waals surface area contributed by atoms with Crippen LogP contribution in [-0.4, -0.2) is 11.0 Å². The Kier molecular flexibility index (Phi) is 4.93. The number of nitrogens with two attached hydrogens (primary N) is 1. The molecular formula is C16H20N2O. The summed E-state index contributed by atoms with van der Waals surface area (Å²) in [6.07, 6.45) is 5.49. The Labute approximate surface area is 114 Å². The molecule has 0 spiro atoms. The van der Waals surface area contributed by atoms with Crippen LogP contribution in [0.25, 0.3) is 0 Å². The van der Waals surface area contributed by atoms with Gasteiger partial charge in [0, 0.05) is 24.0 Å². The van der Waals surface area contributed by atoms with Gasteiger partial charge >= 0.3 is 0 Å². The summed E-state index contributed by atoms with van der Waals surface area (Å²) in [5, 5.41) is 0. The van der Waals surface area contributed by atoms with Gasteiger partial charge in [0.25, 0.3) is 0 Å². The Balaban J connectivity index is 1.88. The molecule has 1 aromatic carbocycles. The van der Waals surface area contributed by atoms with Gasteiger partial charge < -0.3 is 10.5 Å². The highest BCUT2D eigenvalue weighted by molar-refractivity contribution is 5.28. The van der Waals surface area contributed by atoms with Crippen molar-refractivity contribution in [2.75, 3.05) is 0 Å². The van der Waals surface area contributed by atoms with E-state index in [4.69, 9.17) is 10.5 Å². The highest BCUT2D eigenvalue weighted by Gasteiger charge is 2.02. The first-order valence-corrected chi connectivity index (χ1v) is 6.64. The second-order valence-electron chi connectivity index (χ2n) is 4.67. The summed E-state index contributed by atoms with van der Waals surface area (Å²) in [6, 6.07) is 12.3. The standard InChI is InChI=1S/C16H20N2O/c1-2-15(17)10-13-5-7-16(8-6-13)19-12-14-4-3-9-18-11-14/h3-9,11,15H,2,10,12,17H2,1H3. The van der Waals surface area contributed by atoms with Crippen LogP contribution in [0.4, 0.5) is 0 Å². The molecule has 1 unspecified atom stereocenters. The normalized spacial score (nSPS) is 12.1. The Hall–Kier alpha value is -1.87. The number of aromatic nitrogens is 1. The minimum Gasteiger partial charge on any atom is -0.489 e. The van der Waals surface area contributed by atoms with E-state index in [0.29, 0.717) is 6.61 Å². The van der Waals surface area contributed by atoms with Crippen LogP contribution in [0.2, 0.25) is 0 Å². The first kappa shape index (κ1) is 13.6. The number of benzene rings is 1.